The molecule has 0 aliphatic rings. The second kappa shape index (κ2) is 10.7. The Kier molecular flexibility index (Phi) is 8.72. The molecule has 0 unspecified atom stereocenters. The van der Waals surface area contributed by atoms with E-state index >= 15 is 0 Å². The van der Waals surface area contributed by atoms with Crippen LogP contribution in [0.1, 0.15) is 45.1 Å². The predicted octanol–water partition coefficient (Wildman–Crippen LogP) is 2.67. The maximum Gasteiger partial charge on any atom is 0.221 e. The largest absolute Gasteiger partial charge is 0.370 e. The number of carbonyl (C=O) groups is 1. The zero-order chi connectivity index (χ0) is 16.2. The number of hydrogen-bond acceptors (Lipinski definition) is 2. The van der Waals surface area contributed by atoms with Gasteiger partial charge in [0.2, 0.25) is 5.91 Å². The number of nitrogens with one attached hydrogen (secondary N) is 2. The van der Waals surface area contributed by atoms with E-state index in [0.29, 0.717) is 5.96 Å². The number of nitrogens with zero attached hydrogens (tertiary/aromatic N) is 1. The first-order valence-corrected chi connectivity index (χ1v) is 8.02. The van der Waals surface area contributed by atoms with Crippen LogP contribution >= 0.6 is 0 Å². The molecule has 0 fully saturated rings. The predicted molar refractivity (Wildman–Crippen MR) is 93.1 cm³/mol. The summed E-state index contributed by atoms with van der Waals surface area (Å²) in [5.41, 5.74) is 7.83. The summed E-state index contributed by atoms with van der Waals surface area (Å²) in [4.78, 5) is 15.3. The smallest absolute Gasteiger partial charge is 0.221 e. The molecule has 0 spiro atoms. The van der Waals surface area contributed by atoms with Crippen LogP contribution < -0.4 is 16.4 Å². The molecule has 1 amide bonds. The highest BCUT2D eigenvalue weighted by Gasteiger charge is 1.97. The minimum absolute atomic E-state index is 0.0580. The van der Waals surface area contributed by atoms with Crippen LogP contribution in [0.3, 0.4) is 0 Å². The monoisotopic (exact) mass is 304 g/mol. The molecule has 5 nitrogen and oxygen atoms in total. The summed E-state index contributed by atoms with van der Waals surface area (Å²) >= 11 is 0. The molecule has 122 valence electrons. The first kappa shape index (κ1) is 18.0. The van der Waals surface area contributed by atoms with Crippen LogP contribution in [-0.4, -0.2) is 25.0 Å². The standard InChI is InChI=1S/C17H28N4O/c1-3-4-5-6-12-19-17(18)20-13-11-15-7-9-16(10-8-15)21-14(2)22/h7-10H,3-6,11-13H2,1-2H3,(H,21,22)(H3,18,19,20). The molecule has 0 aromatic heterocycles. The summed E-state index contributed by atoms with van der Waals surface area (Å²) in [6, 6.07) is 7.82. The van der Waals surface area contributed by atoms with Crippen molar-refractivity contribution in [2.24, 2.45) is 10.7 Å². The molecule has 0 saturated carbocycles. The lowest BCUT2D eigenvalue weighted by Crippen LogP contribution is -2.33. The number of amides is 1. The van der Waals surface area contributed by atoms with E-state index in [9.17, 15) is 4.79 Å². The summed E-state index contributed by atoms with van der Waals surface area (Å²) in [6.45, 7) is 5.25. The Labute approximate surface area is 133 Å². The molecule has 4 N–H and O–H groups in total. The van der Waals surface area contributed by atoms with Crippen molar-refractivity contribution in [1.82, 2.24) is 5.32 Å². The second-order valence-corrected chi connectivity index (χ2v) is 5.38. The fraction of sp³-hybridized carbons (Fsp3) is 0.529. The molecule has 0 radical (unpaired) electrons. The topological polar surface area (TPSA) is 79.5 Å². The number of hydrogen-bond donors (Lipinski definition) is 3. The van der Waals surface area contributed by atoms with Gasteiger partial charge in [0.1, 0.15) is 0 Å². The number of aliphatic imine (C=N–C) groups is 1. The molecule has 0 aliphatic carbocycles. The van der Waals surface area contributed by atoms with Crippen LogP contribution in [-0.2, 0) is 11.2 Å². The molecule has 0 saturated heterocycles. The average molecular weight is 304 g/mol. The van der Waals surface area contributed by atoms with Gasteiger partial charge in [-0.25, -0.2) is 0 Å². The molecule has 1 aromatic rings. The van der Waals surface area contributed by atoms with Gasteiger partial charge in [0, 0.05) is 25.7 Å². The molecule has 22 heavy (non-hydrogen) atoms. The van der Waals surface area contributed by atoms with Crippen molar-refractivity contribution >= 4 is 17.6 Å². The number of carbonyl (C=O) groups excluding carboxylic acids is 1. The normalized spacial score (nSPS) is 11.3. The van der Waals surface area contributed by atoms with E-state index in [2.05, 4.69) is 22.5 Å². The van der Waals surface area contributed by atoms with Crippen molar-refractivity contribution in [3.8, 4) is 0 Å². The average Bonchev–Trinajstić information content (AvgIpc) is 2.48. The van der Waals surface area contributed by atoms with Gasteiger partial charge in [-0.2, -0.15) is 0 Å². The SMILES string of the molecule is CCCCCCN=C(N)NCCc1ccc(NC(C)=O)cc1. The second-order valence-electron chi connectivity index (χ2n) is 5.38. The van der Waals surface area contributed by atoms with E-state index in [4.69, 9.17) is 5.73 Å². The molecular weight excluding hydrogens is 276 g/mol. The quantitative estimate of drug-likeness (QED) is 0.373. The van der Waals surface area contributed by atoms with Gasteiger partial charge in [0.05, 0.1) is 0 Å². The lowest BCUT2D eigenvalue weighted by molar-refractivity contribution is -0.114. The van der Waals surface area contributed by atoms with Gasteiger partial charge in [-0.15, -0.1) is 0 Å². The van der Waals surface area contributed by atoms with E-state index in [0.717, 1.165) is 31.6 Å². The lowest BCUT2D eigenvalue weighted by Gasteiger charge is -2.07. The fourth-order valence-corrected chi connectivity index (χ4v) is 2.09. The van der Waals surface area contributed by atoms with Crippen LogP contribution in [0.5, 0.6) is 0 Å². The molecule has 0 bridgehead atoms. The van der Waals surface area contributed by atoms with Crippen LogP contribution in [0.4, 0.5) is 5.69 Å². The molecular formula is C17H28N4O. The summed E-state index contributed by atoms with van der Waals surface area (Å²) < 4.78 is 0. The number of anilines is 1. The minimum Gasteiger partial charge on any atom is -0.370 e. The third-order valence-corrected chi connectivity index (χ3v) is 3.29. The van der Waals surface area contributed by atoms with Gasteiger partial charge >= 0.3 is 0 Å². The van der Waals surface area contributed by atoms with Crippen molar-refractivity contribution in [2.75, 3.05) is 18.4 Å². The zero-order valence-electron chi connectivity index (χ0n) is 13.7. The zero-order valence-corrected chi connectivity index (χ0v) is 13.7. The summed E-state index contributed by atoms with van der Waals surface area (Å²) in [7, 11) is 0. The Morgan fingerprint density at radius 3 is 2.55 bits per heavy atom. The van der Waals surface area contributed by atoms with E-state index in [1.165, 1.54) is 31.7 Å². The summed E-state index contributed by atoms with van der Waals surface area (Å²) in [5.74, 6) is 0.462. The first-order valence-electron chi connectivity index (χ1n) is 8.02. The number of nitrogens with two attached hydrogens (primary N) is 1. The molecule has 1 aromatic carbocycles. The van der Waals surface area contributed by atoms with E-state index in [1.807, 2.05) is 24.3 Å². The van der Waals surface area contributed by atoms with Gasteiger partial charge in [0.25, 0.3) is 0 Å². The van der Waals surface area contributed by atoms with Gasteiger partial charge in [0.15, 0.2) is 5.96 Å². The van der Waals surface area contributed by atoms with Crippen LogP contribution in [0, 0.1) is 0 Å². The molecule has 0 aliphatic heterocycles. The van der Waals surface area contributed by atoms with E-state index in [-0.39, 0.29) is 5.91 Å². The Balaban J connectivity index is 2.22. The van der Waals surface area contributed by atoms with Gasteiger partial charge in [-0.05, 0) is 30.5 Å². The van der Waals surface area contributed by atoms with Crippen molar-refractivity contribution < 1.29 is 4.79 Å². The Hall–Kier alpha value is -2.04. The number of guanidine groups is 1. The highest BCUT2D eigenvalue weighted by Crippen LogP contribution is 2.09. The number of benzene rings is 1. The maximum atomic E-state index is 10.9. The molecule has 5 heteroatoms. The van der Waals surface area contributed by atoms with Gasteiger partial charge in [-0.3, -0.25) is 9.79 Å². The highest BCUT2D eigenvalue weighted by molar-refractivity contribution is 5.88. The van der Waals surface area contributed by atoms with Crippen molar-refractivity contribution in [1.29, 1.82) is 0 Å². The summed E-state index contributed by atoms with van der Waals surface area (Å²) in [6.07, 6.45) is 5.68. The van der Waals surface area contributed by atoms with Crippen molar-refractivity contribution in [3.63, 3.8) is 0 Å². The molecule has 0 atom stereocenters. The van der Waals surface area contributed by atoms with Crippen LogP contribution in [0.15, 0.2) is 29.3 Å². The molecule has 1 rings (SSSR count). The Bertz CT molecular complexity index is 468. The Morgan fingerprint density at radius 1 is 1.18 bits per heavy atom. The van der Waals surface area contributed by atoms with Gasteiger partial charge in [-0.1, -0.05) is 38.3 Å². The van der Waals surface area contributed by atoms with E-state index < -0.39 is 0 Å². The van der Waals surface area contributed by atoms with Crippen LogP contribution in [0.2, 0.25) is 0 Å². The maximum absolute atomic E-state index is 10.9. The van der Waals surface area contributed by atoms with Crippen molar-refractivity contribution in [2.45, 2.75) is 46.0 Å². The minimum atomic E-state index is -0.0580. The third-order valence-electron chi connectivity index (χ3n) is 3.29. The summed E-state index contributed by atoms with van der Waals surface area (Å²) in [5, 5.41) is 5.88. The molecule has 0 heterocycles. The first-order chi connectivity index (χ1) is 10.6. The number of rotatable bonds is 9. The fourth-order valence-electron chi connectivity index (χ4n) is 2.09. The van der Waals surface area contributed by atoms with E-state index in [1.54, 1.807) is 0 Å². The third kappa shape index (κ3) is 8.29. The lowest BCUT2D eigenvalue weighted by atomic mass is 10.1. The van der Waals surface area contributed by atoms with Gasteiger partial charge < -0.3 is 16.4 Å². The highest BCUT2D eigenvalue weighted by atomic mass is 16.1. The Morgan fingerprint density at radius 2 is 1.91 bits per heavy atom. The van der Waals surface area contributed by atoms with Crippen LogP contribution in [0.25, 0.3) is 0 Å². The van der Waals surface area contributed by atoms with Crippen molar-refractivity contribution in [3.05, 3.63) is 29.8 Å². The number of unbranched alkanes of at least 4 members (excludes halogenated alkanes) is 3.